The molecule has 0 saturated heterocycles. The molecule has 2 rings (SSSR count). The molecule has 0 saturated carbocycles. The fourth-order valence-electron chi connectivity index (χ4n) is 2.40. The van der Waals surface area contributed by atoms with Crippen molar-refractivity contribution in [1.29, 1.82) is 0 Å². The van der Waals surface area contributed by atoms with Crippen LogP contribution in [-0.4, -0.2) is 31.9 Å². The first-order valence-electron chi connectivity index (χ1n) is 7.66. The smallest absolute Gasteiger partial charge is 0.171 e. The van der Waals surface area contributed by atoms with Gasteiger partial charge in [0.25, 0.3) is 0 Å². The molecule has 1 unspecified atom stereocenters. The quantitative estimate of drug-likeness (QED) is 0.580. The van der Waals surface area contributed by atoms with E-state index in [9.17, 15) is 0 Å². The van der Waals surface area contributed by atoms with Crippen LogP contribution < -0.4 is 9.47 Å². The molecule has 0 radical (unpaired) electrons. The van der Waals surface area contributed by atoms with Crippen molar-refractivity contribution in [2.24, 2.45) is 11.8 Å². The molecule has 0 amide bonds. The Kier molecular flexibility index (Phi) is 6.09. The van der Waals surface area contributed by atoms with Crippen molar-refractivity contribution in [3.8, 4) is 11.5 Å². The van der Waals surface area contributed by atoms with Gasteiger partial charge in [-0.05, 0) is 23.8 Å². The summed E-state index contributed by atoms with van der Waals surface area (Å²) in [4.78, 5) is 4.43. The summed E-state index contributed by atoms with van der Waals surface area (Å²) in [5, 5.41) is 0.351. The Hall–Kier alpha value is -1.26. The average Bonchev–Trinajstić information content (AvgIpc) is 2.64. The van der Waals surface area contributed by atoms with Gasteiger partial charge in [-0.15, -0.1) is 0 Å². The molecule has 1 aromatic rings. The third-order valence-electron chi connectivity index (χ3n) is 3.90. The predicted octanol–water partition coefficient (Wildman–Crippen LogP) is 4.22. The van der Waals surface area contributed by atoms with E-state index in [4.69, 9.17) is 25.8 Å². The van der Waals surface area contributed by atoms with Gasteiger partial charge in [-0.3, -0.25) is 0 Å². The van der Waals surface area contributed by atoms with Crippen molar-refractivity contribution < 1.29 is 14.2 Å². The molecular weight excluding hydrogens is 302 g/mol. The van der Waals surface area contributed by atoms with E-state index < -0.39 is 0 Å². The number of ether oxygens (including phenoxy) is 3. The van der Waals surface area contributed by atoms with Crippen LogP contribution in [0, 0.1) is 11.8 Å². The van der Waals surface area contributed by atoms with Crippen molar-refractivity contribution in [2.75, 3.05) is 26.9 Å². The first-order valence-corrected chi connectivity index (χ1v) is 8.04. The zero-order chi connectivity index (χ0) is 16.1. The predicted molar refractivity (Wildman–Crippen MR) is 88.7 cm³/mol. The van der Waals surface area contributed by atoms with Crippen LogP contribution in [-0.2, 0) is 4.74 Å². The lowest BCUT2D eigenvalue weighted by atomic mass is 9.90. The number of methoxy groups -OCH3 is 1. The van der Waals surface area contributed by atoms with Crippen molar-refractivity contribution in [3.63, 3.8) is 0 Å². The number of hydrogen-bond donors (Lipinski definition) is 0. The van der Waals surface area contributed by atoms with Crippen LogP contribution in [0.1, 0.15) is 32.4 Å². The van der Waals surface area contributed by atoms with Crippen LogP contribution in [0.2, 0.25) is 5.15 Å². The highest BCUT2D eigenvalue weighted by atomic mass is 35.5. The summed E-state index contributed by atoms with van der Waals surface area (Å²) in [6, 6.07) is 1.82. The third kappa shape index (κ3) is 4.14. The summed E-state index contributed by atoms with van der Waals surface area (Å²) < 4.78 is 16.6. The second-order valence-electron chi connectivity index (χ2n) is 5.94. The first kappa shape index (κ1) is 17.1. The van der Waals surface area contributed by atoms with E-state index in [-0.39, 0.29) is 0 Å². The van der Waals surface area contributed by atoms with Gasteiger partial charge in [-0.25, -0.2) is 4.98 Å². The van der Waals surface area contributed by atoms with E-state index in [1.807, 2.05) is 6.07 Å². The number of fused-ring (bicyclic) bond motifs is 1. The van der Waals surface area contributed by atoms with Crippen molar-refractivity contribution in [2.45, 2.75) is 26.7 Å². The fraction of sp³-hybridized carbons (Fsp3) is 0.588. The molecule has 1 aliphatic rings. The molecule has 22 heavy (non-hydrogen) atoms. The molecule has 1 aliphatic heterocycles. The molecule has 0 aliphatic carbocycles. The van der Waals surface area contributed by atoms with E-state index in [1.54, 1.807) is 7.11 Å². The number of pyridine rings is 1. The van der Waals surface area contributed by atoms with Gasteiger partial charge in [-0.1, -0.05) is 32.0 Å². The summed E-state index contributed by atoms with van der Waals surface area (Å²) in [7, 11) is 1.67. The number of halogens is 1. The molecule has 0 bridgehead atoms. The third-order valence-corrected chi connectivity index (χ3v) is 4.17. The molecule has 0 fully saturated rings. The normalized spacial score (nSPS) is 17.9. The average molecular weight is 326 g/mol. The molecule has 2 heterocycles. The van der Waals surface area contributed by atoms with Crippen molar-refractivity contribution >= 4 is 17.2 Å². The van der Waals surface area contributed by atoms with E-state index >= 15 is 0 Å². The molecule has 5 heteroatoms. The number of aromatic nitrogens is 1. The number of hydrogen-bond acceptors (Lipinski definition) is 4. The van der Waals surface area contributed by atoms with Gasteiger partial charge < -0.3 is 14.2 Å². The molecule has 0 spiro atoms. The Morgan fingerprint density at radius 1 is 1.45 bits per heavy atom. The van der Waals surface area contributed by atoms with E-state index in [0.29, 0.717) is 48.3 Å². The summed E-state index contributed by atoms with van der Waals surface area (Å²) in [6.07, 6.45) is 1.68. The first-order chi connectivity index (χ1) is 10.5. The number of rotatable bonds is 6. The Morgan fingerprint density at radius 3 is 2.91 bits per heavy atom. The molecule has 1 atom stereocenters. The zero-order valence-corrected chi connectivity index (χ0v) is 14.3. The largest absolute Gasteiger partial charge is 0.491 e. The molecule has 1 aromatic heterocycles. The fourth-order valence-corrected chi connectivity index (χ4v) is 2.60. The van der Waals surface area contributed by atoms with Gasteiger partial charge >= 0.3 is 0 Å². The SMILES string of the molecule is C=C1CC(C(C)C)COc2cc(OCCCOC)c(Cl)nc21. The highest BCUT2D eigenvalue weighted by Gasteiger charge is 2.25. The Labute approximate surface area is 137 Å². The van der Waals surface area contributed by atoms with Crippen LogP contribution in [0.5, 0.6) is 11.5 Å². The van der Waals surface area contributed by atoms with Crippen LogP contribution >= 0.6 is 11.6 Å². The van der Waals surface area contributed by atoms with E-state index in [2.05, 4.69) is 25.4 Å². The van der Waals surface area contributed by atoms with Gasteiger partial charge in [0.1, 0.15) is 11.4 Å². The summed E-state index contributed by atoms with van der Waals surface area (Å²) in [5.74, 6) is 2.23. The van der Waals surface area contributed by atoms with Gasteiger partial charge in [0.05, 0.1) is 13.2 Å². The minimum absolute atomic E-state index is 0.351. The van der Waals surface area contributed by atoms with Crippen LogP contribution in [0.3, 0.4) is 0 Å². The molecule has 4 nitrogen and oxygen atoms in total. The minimum atomic E-state index is 0.351. The topological polar surface area (TPSA) is 40.6 Å². The van der Waals surface area contributed by atoms with Gasteiger partial charge in [0.15, 0.2) is 10.9 Å². The second-order valence-corrected chi connectivity index (χ2v) is 6.30. The summed E-state index contributed by atoms with van der Waals surface area (Å²) in [6.45, 7) is 10.4. The highest BCUT2D eigenvalue weighted by Crippen LogP contribution is 2.38. The van der Waals surface area contributed by atoms with Gasteiger partial charge in [0, 0.05) is 26.2 Å². The summed E-state index contributed by atoms with van der Waals surface area (Å²) >= 11 is 6.23. The lowest BCUT2D eigenvalue weighted by molar-refractivity contribution is 0.171. The number of allylic oxidation sites excluding steroid dienone is 1. The van der Waals surface area contributed by atoms with Crippen LogP contribution in [0.15, 0.2) is 12.6 Å². The maximum atomic E-state index is 6.23. The monoisotopic (exact) mass is 325 g/mol. The molecular formula is C17H24ClNO3. The van der Waals surface area contributed by atoms with Crippen LogP contribution in [0.4, 0.5) is 0 Å². The Morgan fingerprint density at radius 2 is 2.23 bits per heavy atom. The maximum absolute atomic E-state index is 6.23. The molecule has 0 N–H and O–H groups in total. The second kappa shape index (κ2) is 7.84. The number of nitrogens with zero attached hydrogens (tertiary/aromatic N) is 1. The van der Waals surface area contributed by atoms with Gasteiger partial charge in [-0.2, -0.15) is 0 Å². The molecule has 0 aromatic carbocycles. The van der Waals surface area contributed by atoms with E-state index in [1.165, 1.54) is 0 Å². The lowest BCUT2D eigenvalue weighted by Gasteiger charge is -2.17. The molecule has 122 valence electrons. The Bertz CT molecular complexity index is 531. The Balaban J connectivity index is 2.15. The van der Waals surface area contributed by atoms with Crippen molar-refractivity contribution in [3.05, 3.63) is 23.5 Å². The minimum Gasteiger partial charge on any atom is -0.491 e. The lowest BCUT2D eigenvalue weighted by Crippen LogP contribution is -2.16. The van der Waals surface area contributed by atoms with Crippen molar-refractivity contribution in [1.82, 2.24) is 4.98 Å². The summed E-state index contributed by atoms with van der Waals surface area (Å²) in [5.41, 5.74) is 1.72. The maximum Gasteiger partial charge on any atom is 0.171 e. The standard InChI is InChI=1S/C17H24ClNO3/c1-11(2)13-8-12(3)16-14(22-10-13)9-15(17(18)19-16)21-7-5-6-20-4/h9,11,13H,3,5-8,10H2,1-2,4H3. The highest BCUT2D eigenvalue weighted by molar-refractivity contribution is 6.31. The van der Waals surface area contributed by atoms with E-state index in [0.717, 1.165) is 24.1 Å². The van der Waals surface area contributed by atoms with Gasteiger partial charge in [0.2, 0.25) is 0 Å². The zero-order valence-electron chi connectivity index (χ0n) is 13.5. The van der Waals surface area contributed by atoms with Crippen LogP contribution in [0.25, 0.3) is 5.57 Å².